The number of carbonyl (C=O) groups is 2. The largest absolute Gasteiger partial charge is 0.478 e. The quantitative estimate of drug-likeness (QED) is 0.634. The van der Waals surface area contributed by atoms with Crippen molar-refractivity contribution in [1.82, 2.24) is 0 Å². The Labute approximate surface area is 152 Å². The van der Waals surface area contributed by atoms with Crippen molar-refractivity contribution in [1.29, 1.82) is 0 Å². The predicted octanol–water partition coefficient (Wildman–Crippen LogP) is 4.44. The molecule has 0 aromatic heterocycles. The first-order valence-corrected chi connectivity index (χ1v) is 8.43. The number of hydrogen-bond donors (Lipinski definition) is 1. The highest BCUT2D eigenvalue weighted by atomic mass is 35.5. The van der Waals surface area contributed by atoms with Gasteiger partial charge in [-0.2, -0.15) is 0 Å². The minimum absolute atomic E-state index is 0.130. The number of amides is 1. The van der Waals surface area contributed by atoms with E-state index in [2.05, 4.69) is 0 Å². The molecular weight excluding hydrogens is 366 g/mol. The van der Waals surface area contributed by atoms with Crippen LogP contribution >= 0.6 is 35.6 Å². The van der Waals surface area contributed by atoms with Gasteiger partial charge in [-0.05, 0) is 35.9 Å². The van der Waals surface area contributed by atoms with Crippen LogP contribution < -0.4 is 4.90 Å². The molecule has 1 saturated heterocycles. The normalized spacial score (nSPS) is 16.0. The number of benzene rings is 2. The smallest absolute Gasteiger partial charge is 0.336 e. The van der Waals surface area contributed by atoms with Crippen molar-refractivity contribution in [3.63, 3.8) is 0 Å². The van der Waals surface area contributed by atoms with E-state index >= 15 is 0 Å². The Morgan fingerprint density at radius 2 is 1.96 bits per heavy atom. The van der Waals surface area contributed by atoms with Crippen molar-refractivity contribution >= 4 is 63.5 Å². The summed E-state index contributed by atoms with van der Waals surface area (Å²) in [6, 6.07) is 13.3. The molecule has 1 amide bonds. The Morgan fingerprint density at radius 1 is 1.21 bits per heavy atom. The van der Waals surface area contributed by atoms with E-state index in [0.29, 0.717) is 25.5 Å². The van der Waals surface area contributed by atoms with Crippen LogP contribution in [0.15, 0.2) is 53.4 Å². The number of anilines is 1. The molecule has 0 unspecified atom stereocenters. The monoisotopic (exact) mass is 375 g/mol. The highest BCUT2D eigenvalue weighted by Gasteiger charge is 2.33. The number of carboxylic acids is 1. The number of thioether (sulfide) groups is 1. The summed E-state index contributed by atoms with van der Waals surface area (Å²) < 4.78 is 0.376. The molecular formula is C17H10ClNO3S2. The predicted molar refractivity (Wildman–Crippen MR) is 101 cm³/mol. The number of halogens is 1. The molecule has 2 aromatic carbocycles. The first-order chi connectivity index (χ1) is 11.5. The molecule has 24 heavy (non-hydrogen) atoms. The molecule has 4 nitrogen and oxygen atoms in total. The van der Waals surface area contributed by atoms with Crippen LogP contribution in [0, 0.1) is 0 Å². The number of nitrogens with zero attached hydrogens (tertiary/aromatic N) is 1. The summed E-state index contributed by atoms with van der Waals surface area (Å²) in [5.41, 5.74) is 1.17. The van der Waals surface area contributed by atoms with Gasteiger partial charge in [0.1, 0.15) is 0 Å². The molecule has 0 radical (unpaired) electrons. The third-order valence-electron chi connectivity index (χ3n) is 3.34. The first-order valence-electron chi connectivity index (χ1n) is 6.83. The molecule has 120 valence electrons. The highest BCUT2D eigenvalue weighted by molar-refractivity contribution is 8.27. The summed E-state index contributed by atoms with van der Waals surface area (Å²) in [6.07, 6.45) is 1.55. The molecule has 2 aromatic rings. The topological polar surface area (TPSA) is 57.6 Å². The zero-order valence-electron chi connectivity index (χ0n) is 12.1. The lowest BCUT2D eigenvalue weighted by Gasteiger charge is -2.14. The van der Waals surface area contributed by atoms with Gasteiger partial charge in [0.05, 0.1) is 16.2 Å². The van der Waals surface area contributed by atoms with Crippen molar-refractivity contribution < 1.29 is 14.7 Å². The van der Waals surface area contributed by atoms with E-state index in [1.165, 1.54) is 11.0 Å². The molecule has 1 N–H and O–H groups in total. The van der Waals surface area contributed by atoms with Gasteiger partial charge in [0, 0.05) is 5.02 Å². The van der Waals surface area contributed by atoms with Crippen molar-refractivity contribution in [2.45, 2.75) is 0 Å². The fourth-order valence-electron chi connectivity index (χ4n) is 2.26. The maximum absolute atomic E-state index is 12.7. The van der Waals surface area contributed by atoms with E-state index in [9.17, 15) is 14.7 Å². The van der Waals surface area contributed by atoms with Crippen LogP contribution in [0.1, 0.15) is 15.9 Å². The Hall–Kier alpha value is -2.15. The third-order valence-corrected chi connectivity index (χ3v) is 4.88. The van der Waals surface area contributed by atoms with Crippen LogP contribution in [-0.4, -0.2) is 21.3 Å². The summed E-state index contributed by atoms with van der Waals surface area (Å²) in [6.45, 7) is 0. The van der Waals surface area contributed by atoms with E-state index < -0.39 is 5.97 Å². The summed E-state index contributed by atoms with van der Waals surface area (Å²) in [7, 11) is 0. The molecule has 1 aliphatic rings. The Morgan fingerprint density at radius 3 is 2.67 bits per heavy atom. The molecule has 1 aliphatic heterocycles. The van der Waals surface area contributed by atoms with Crippen molar-refractivity contribution in [3.8, 4) is 0 Å². The van der Waals surface area contributed by atoms with Gasteiger partial charge in [-0.3, -0.25) is 9.69 Å². The maximum atomic E-state index is 12.7. The highest BCUT2D eigenvalue weighted by Crippen LogP contribution is 2.36. The Bertz CT molecular complexity index is 895. The number of carboxylic acid groups (broad SMARTS) is 1. The fraction of sp³-hybridized carbons (Fsp3) is 0. The average Bonchev–Trinajstić information content (AvgIpc) is 2.81. The lowest BCUT2D eigenvalue weighted by molar-refractivity contribution is -0.113. The lowest BCUT2D eigenvalue weighted by atomic mass is 10.1. The number of thiocarbonyl (C=S) groups is 1. The molecule has 0 atom stereocenters. The zero-order valence-corrected chi connectivity index (χ0v) is 14.5. The molecule has 3 rings (SSSR count). The molecule has 7 heteroatoms. The summed E-state index contributed by atoms with van der Waals surface area (Å²) in [5, 5.41) is 9.75. The van der Waals surface area contributed by atoms with Crippen LogP contribution in [0.5, 0.6) is 0 Å². The summed E-state index contributed by atoms with van der Waals surface area (Å²) >= 11 is 12.4. The van der Waals surface area contributed by atoms with Gasteiger partial charge in [-0.1, -0.05) is 59.8 Å². The SMILES string of the molecule is O=C(O)c1ccccc1/C=C1\SC(=S)N(c2cccc(Cl)c2)C1=O. The first kappa shape index (κ1) is 16.7. The van der Waals surface area contributed by atoms with E-state index in [1.807, 2.05) is 0 Å². The van der Waals surface area contributed by atoms with Gasteiger partial charge in [0.25, 0.3) is 5.91 Å². The number of carbonyl (C=O) groups excluding carboxylic acids is 1. The standard InChI is InChI=1S/C17H10ClNO3S2/c18-11-5-3-6-12(9-11)19-15(20)14(24-17(19)23)8-10-4-1-2-7-13(10)16(21)22/h1-9H,(H,21,22)/b14-8-. The minimum atomic E-state index is -1.05. The molecule has 1 fully saturated rings. The van der Waals surface area contributed by atoms with Crippen LogP contribution in [0.3, 0.4) is 0 Å². The Kier molecular flexibility index (Phi) is 4.71. The number of hydrogen-bond acceptors (Lipinski definition) is 4. The van der Waals surface area contributed by atoms with E-state index in [-0.39, 0.29) is 11.5 Å². The summed E-state index contributed by atoms with van der Waals surface area (Å²) in [5.74, 6) is -1.35. The van der Waals surface area contributed by atoms with Crippen molar-refractivity contribution in [2.75, 3.05) is 4.90 Å². The van der Waals surface area contributed by atoms with Gasteiger partial charge in [-0.15, -0.1) is 0 Å². The van der Waals surface area contributed by atoms with Gasteiger partial charge in [0.15, 0.2) is 4.32 Å². The second-order valence-electron chi connectivity index (χ2n) is 4.89. The number of rotatable bonds is 3. The Balaban J connectivity index is 1.99. The van der Waals surface area contributed by atoms with Crippen LogP contribution in [0.2, 0.25) is 5.02 Å². The maximum Gasteiger partial charge on any atom is 0.336 e. The van der Waals surface area contributed by atoms with Gasteiger partial charge >= 0.3 is 5.97 Å². The second-order valence-corrected chi connectivity index (χ2v) is 7.00. The lowest BCUT2D eigenvalue weighted by Crippen LogP contribution is -2.27. The molecule has 0 saturated carbocycles. The zero-order chi connectivity index (χ0) is 17.3. The van der Waals surface area contributed by atoms with Crippen LogP contribution in [0.25, 0.3) is 6.08 Å². The average molecular weight is 376 g/mol. The van der Waals surface area contributed by atoms with Gasteiger partial charge in [-0.25, -0.2) is 4.79 Å². The van der Waals surface area contributed by atoms with Gasteiger partial charge in [0.2, 0.25) is 0 Å². The van der Waals surface area contributed by atoms with E-state index in [0.717, 1.165) is 11.8 Å². The second kappa shape index (κ2) is 6.76. The fourth-order valence-corrected chi connectivity index (χ4v) is 3.74. The molecule has 0 spiro atoms. The third kappa shape index (κ3) is 3.21. The molecule has 1 heterocycles. The van der Waals surface area contributed by atoms with E-state index in [1.54, 1.807) is 48.5 Å². The minimum Gasteiger partial charge on any atom is -0.478 e. The van der Waals surface area contributed by atoms with Gasteiger partial charge < -0.3 is 5.11 Å². The van der Waals surface area contributed by atoms with Crippen LogP contribution in [-0.2, 0) is 4.79 Å². The van der Waals surface area contributed by atoms with Crippen molar-refractivity contribution in [2.24, 2.45) is 0 Å². The molecule has 0 aliphatic carbocycles. The van der Waals surface area contributed by atoms with Crippen LogP contribution in [0.4, 0.5) is 5.69 Å². The van der Waals surface area contributed by atoms with E-state index in [4.69, 9.17) is 23.8 Å². The summed E-state index contributed by atoms with van der Waals surface area (Å²) in [4.78, 5) is 25.7. The molecule has 0 bridgehead atoms. The van der Waals surface area contributed by atoms with Crippen molar-refractivity contribution in [3.05, 3.63) is 69.6 Å². The number of aromatic carboxylic acids is 1.